The van der Waals surface area contributed by atoms with E-state index in [0.29, 0.717) is 5.82 Å². The predicted octanol–water partition coefficient (Wildman–Crippen LogP) is 1.00. The maximum atomic E-state index is 11.6. The topological polar surface area (TPSA) is 104 Å². The molecule has 0 spiro atoms. The van der Waals surface area contributed by atoms with Crippen LogP contribution in [0.3, 0.4) is 0 Å². The summed E-state index contributed by atoms with van der Waals surface area (Å²) in [7, 11) is -3.86. The van der Waals surface area contributed by atoms with E-state index >= 15 is 0 Å². The zero-order valence-corrected chi connectivity index (χ0v) is 12.1. The zero-order chi connectivity index (χ0) is 13.8. The molecule has 0 bridgehead atoms. The van der Waals surface area contributed by atoms with Gasteiger partial charge in [-0.1, -0.05) is 0 Å². The highest BCUT2D eigenvalue weighted by Gasteiger charge is 2.34. The number of nitrogens with zero attached hydrogens (tertiary/aromatic N) is 4. The molecular formula is C10H13N5O2S2. The van der Waals surface area contributed by atoms with Crippen LogP contribution < -0.4 is 5.14 Å². The van der Waals surface area contributed by atoms with Gasteiger partial charge in [0, 0.05) is 6.04 Å². The van der Waals surface area contributed by atoms with Gasteiger partial charge in [0.05, 0.1) is 15.6 Å². The van der Waals surface area contributed by atoms with Crippen LogP contribution >= 0.6 is 11.3 Å². The van der Waals surface area contributed by atoms with Crippen molar-refractivity contribution in [3.8, 4) is 10.7 Å². The van der Waals surface area contributed by atoms with Gasteiger partial charge in [-0.05, 0) is 26.7 Å². The first-order chi connectivity index (χ1) is 8.88. The maximum Gasteiger partial charge on any atom is 0.273 e. The SMILES string of the molecule is Cc1nc(C)c(-c2nnc(S(N)(=O)=O)n2C2CC2)s1. The van der Waals surface area contributed by atoms with Gasteiger partial charge in [-0.2, -0.15) is 0 Å². The van der Waals surface area contributed by atoms with Gasteiger partial charge in [-0.3, -0.25) is 4.57 Å². The molecule has 2 N–H and O–H groups in total. The van der Waals surface area contributed by atoms with Crippen LogP contribution in [0, 0.1) is 13.8 Å². The van der Waals surface area contributed by atoms with Gasteiger partial charge in [-0.15, -0.1) is 21.5 Å². The average Bonchev–Trinajstić information content (AvgIpc) is 2.93. The van der Waals surface area contributed by atoms with Crippen molar-refractivity contribution in [1.29, 1.82) is 0 Å². The number of sulfonamides is 1. The lowest BCUT2D eigenvalue weighted by Gasteiger charge is -2.06. The van der Waals surface area contributed by atoms with Crippen LogP contribution in [-0.2, 0) is 10.0 Å². The van der Waals surface area contributed by atoms with Crippen molar-refractivity contribution < 1.29 is 8.42 Å². The quantitative estimate of drug-likeness (QED) is 0.910. The van der Waals surface area contributed by atoms with Gasteiger partial charge >= 0.3 is 0 Å². The molecule has 2 aromatic heterocycles. The second-order valence-corrected chi connectivity index (χ2v) is 7.26. The lowest BCUT2D eigenvalue weighted by molar-refractivity contribution is 0.567. The fraction of sp³-hybridized carbons (Fsp3) is 0.500. The minimum Gasteiger partial charge on any atom is -0.293 e. The van der Waals surface area contributed by atoms with Crippen LogP contribution in [-0.4, -0.2) is 28.2 Å². The fourth-order valence-electron chi connectivity index (χ4n) is 2.03. The second kappa shape index (κ2) is 4.09. The van der Waals surface area contributed by atoms with E-state index in [1.807, 2.05) is 13.8 Å². The molecule has 3 rings (SSSR count). The highest BCUT2D eigenvalue weighted by atomic mass is 32.2. The van der Waals surface area contributed by atoms with Crippen molar-refractivity contribution in [3.63, 3.8) is 0 Å². The van der Waals surface area contributed by atoms with Gasteiger partial charge in [0.1, 0.15) is 0 Å². The van der Waals surface area contributed by atoms with E-state index in [2.05, 4.69) is 15.2 Å². The van der Waals surface area contributed by atoms with Crippen LogP contribution in [0.2, 0.25) is 0 Å². The van der Waals surface area contributed by atoms with E-state index in [9.17, 15) is 8.42 Å². The molecule has 1 fully saturated rings. The Hall–Kier alpha value is -1.32. The summed E-state index contributed by atoms with van der Waals surface area (Å²) in [6.45, 7) is 3.78. The molecule has 2 heterocycles. The highest BCUT2D eigenvalue weighted by molar-refractivity contribution is 7.89. The minimum absolute atomic E-state index is 0.125. The minimum atomic E-state index is -3.86. The Morgan fingerprint density at radius 1 is 1.32 bits per heavy atom. The van der Waals surface area contributed by atoms with E-state index < -0.39 is 10.0 Å². The molecule has 1 saturated carbocycles. The summed E-state index contributed by atoms with van der Waals surface area (Å²) in [4.78, 5) is 5.19. The zero-order valence-electron chi connectivity index (χ0n) is 10.5. The lowest BCUT2D eigenvalue weighted by Crippen LogP contribution is -2.18. The monoisotopic (exact) mass is 299 g/mol. The summed E-state index contributed by atoms with van der Waals surface area (Å²) >= 11 is 1.48. The summed E-state index contributed by atoms with van der Waals surface area (Å²) in [6, 6.07) is 0.125. The van der Waals surface area contributed by atoms with E-state index in [0.717, 1.165) is 28.4 Å². The third-order valence-corrected chi connectivity index (χ3v) is 4.79. The smallest absolute Gasteiger partial charge is 0.273 e. The number of thiazole rings is 1. The summed E-state index contributed by atoms with van der Waals surface area (Å²) in [5.74, 6) is 0.551. The Morgan fingerprint density at radius 3 is 2.47 bits per heavy atom. The summed E-state index contributed by atoms with van der Waals surface area (Å²) in [6.07, 6.45) is 1.84. The van der Waals surface area contributed by atoms with Crippen molar-refractivity contribution in [3.05, 3.63) is 10.7 Å². The molecule has 0 aromatic carbocycles. The third kappa shape index (κ3) is 2.17. The Morgan fingerprint density at radius 2 is 2.00 bits per heavy atom. The van der Waals surface area contributed by atoms with Crippen LogP contribution in [0.1, 0.15) is 29.6 Å². The van der Waals surface area contributed by atoms with Crippen LogP contribution in [0.15, 0.2) is 5.16 Å². The van der Waals surface area contributed by atoms with Crippen molar-refractivity contribution in [2.24, 2.45) is 5.14 Å². The van der Waals surface area contributed by atoms with Crippen molar-refractivity contribution >= 4 is 21.4 Å². The summed E-state index contributed by atoms with van der Waals surface area (Å²) in [5.41, 5.74) is 0.831. The van der Waals surface area contributed by atoms with Crippen molar-refractivity contribution in [2.75, 3.05) is 0 Å². The first kappa shape index (κ1) is 12.7. The largest absolute Gasteiger partial charge is 0.293 e. The second-order valence-electron chi connectivity index (χ2n) is 4.60. The van der Waals surface area contributed by atoms with E-state index in [4.69, 9.17) is 5.14 Å². The van der Waals surface area contributed by atoms with Crippen molar-refractivity contribution in [2.45, 2.75) is 37.9 Å². The molecule has 1 aliphatic carbocycles. The molecule has 1 aliphatic rings. The lowest BCUT2D eigenvalue weighted by atomic mass is 10.3. The predicted molar refractivity (Wildman–Crippen MR) is 70.2 cm³/mol. The molecule has 19 heavy (non-hydrogen) atoms. The molecule has 2 aromatic rings. The standard InChI is InChI=1S/C10H13N5O2S2/c1-5-8(18-6(2)12-5)9-13-14-10(19(11,16)17)15(9)7-3-4-7/h7H,3-4H2,1-2H3,(H2,11,16,17). The normalized spacial score (nSPS) is 15.9. The maximum absolute atomic E-state index is 11.6. The molecule has 7 nitrogen and oxygen atoms in total. The van der Waals surface area contributed by atoms with Crippen LogP contribution in [0.4, 0.5) is 0 Å². The van der Waals surface area contributed by atoms with Crippen LogP contribution in [0.25, 0.3) is 10.7 Å². The molecule has 0 atom stereocenters. The van der Waals surface area contributed by atoms with Gasteiger partial charge < -0.3 is 0 Å². The Balaban J connectivity index is 2.23. The first-order valence-corrected chi connectivity index (χ1v) is 8.16. The Kier molecular flexibility index (Phi) is 2.73. The van der Waals surface area contributed by atoms with Gasteiger partial charge in [0.15, 0.2) is 5.82 Å². The number of aryl methyl sites for hydroxylation is 2. The fourth-order valence-corrected chi connectivity index (χ4v) is 3.59. The first-order valence-electron chi connectivity index (χ1n) is 5.80. The number of nitrogens with two attached hydrogens (primary N) is 1. The van der Waals surface area contributed by atoms with Gasteiger partial charge in [0.25, 0.3) is 15.2 Å². The Bertz CT molecular complexity index is 742. The highest BCUT2D eigenvalue weighted by Crippen LogP contribution is 2.41. The molecule has 102 valence electrons. The van der Waals surface area contributed by atoms with E-state index in [1.165, 1.54) is 11.3 Å². The van der Waals surface area contributed by atoms with Crippen molar-refractivity contribution in [1.82, 2.24) is 19.7 Å². The van der Waals surface area contributed by atoms with E-state index in [-0.39, 0.29) is 11.2 Å². The molecule has 0 aliphatic heterocycles. The van der Waals surface area contributed by atoms with Crippen LogP contribution in [0.5, 0.6) is 0 Å². The molecule has 0 amide bonds. The number of primary sulfonamides is 1. The third-order valence-electron chi connectivity index (χ3n) is 2.94. The molecule has 0 unspecified atom stereocenters. The molecular weight excluding hydrogens is 286 g/mol. The van der Waals surface area contributed by atoms with E-state index in [1.54, 1.807) is 4.57 Å². The summed E-state index contributed by atoms with van der Waals surface area (Å²) in [5, 5.41) is 13.7. The van der Waals surface area contributed by atoms with Gasteiger partial charge in [-0.25, -0.2) is 18.5 Å². The summed E-state index contributed by atoms with van der Waals surface area (Å²) < 4.78 is 24.8. The molecule has 9 heteroatoms. The van der Waals surface area contributed by atoms with Gasteiger partial charge in [0.2, 0.25) is 0 Å². The number of hydrogen-bond donors (Lipinski definition) is 1. The number of hydrogen-bond acceptors (Lipinski definition) is 6. The number of rotatable bonds is 3. The Labute approximate surface area is 114 Å². The molecule has 0 radical (unpaired) electrons. The average molecular weight is 299 g/mol. The number of aromatic nitrogens is 4. The molecule has 0 saturated heterocycles.